The molecule has 2 rings (SSSR count). The molecule has 1 fully saturated rings. The Balaban J connectivity index is 2.33. The molecule has 1 atom stereocenters. The van der Waals surface area contributed by atoms with Crippen LogP contribution in [0.15, 0.2) is 0 Å². The number of ether oxygens (including phenoxy) is 2. The fraction of sp³-hybridized carbons (Fsp3) is 0.636. The lowest BCUT2D eigenvalue weighted by Gasteiger charge is -2.23. The van der Waals surface area contributed by atoms with Crippen molar-refractivity contribution in [3.8, 4) is 0 Å². The van der Waals surface area contributed by atoms with Crippen molar-refractivity contribution >= 4 is 5.82 Å². The molecule has 0 amide bonds. The summed E-state index contributed by atoms with van der Waals surface area (Å²) in [6, 6.07) is 0. The molecule has 2 heterocycles. The summed E-state index contributed by atoms with van der Waals surface area (Å²) in [5, 5.41) is 0. The van der Waals surface area contributed by atoms with Gasteiger partial charge in [-0.1, -0.05) is 6.92 Å². The van der Waals surface area contributed by atoms with Gasteiger partial charge in [-0.15, -0.1) is 0 Å². The van der Waals surface area contributed by atoms with Crippen LogP contribution in [-0.4, -0.2) is 29.8 Å². The minimum atomic E-state index is -0.193. The average Bonchev–Trinajstić information content (AvgIpc) is 2.40. The molecule has 0 aromatic carbocycles. The second kappa shape index (κ2) is 5.39. The fourth-order valence-electron chi connectivity index (χ4n) is 1.85. The highest BCUT2D eigenvalue weighted by molar-refractivity contribution is 5.44. The lowest BCUT2D eigenvalue weighted by Crippen LogP contribution is -2.25. The number of nitrogen functional groups attached to an aromatic ring is 1. The molecular formula is C11H18N4O2. The van der Waals surface area contributed by atoms with E-state index in [1.54, 1.807) is 0 Å². The van der Waals surface area contributed by atoms with Crippen molar-refractivity contribution in [3.05, 3.63) is 17.1 Å². The second-order valence-corrected chi connectivity index (χ2v) is 3.93. The minimum Gasteiger partial charge on any atom is -0.376 e. The van der Waals surface area contributed by atoms with Gasteiger partial charge in [0.05, 0.1) is 19.8 Å². The zero-order valence-electron chi connectivity index (χ0n) is 10.2. The van der Waals surface area contributed by atoms with Crippen molar-refractivity contribution in [1.82, 2.24) is 9.97 Å². The van der Waals surface area contributed by atoms with E-state index in [4.69, 9.17) is 15.3 Å². The zero-order chi connectivity index (χ0) is 12.3. The Morgan fingerprint density at radius 1 is 1.41 bits per heavy atom. The van der Waals surface area contributed by atoms with Crippen LogP contribution in [-0.2, 0) is 15.9 Å². The predicted octanol–water partition coefficient (Wildman–Crippen LogP) is 0.721. The van der Waals surface area contributed by atoms with Gasteiger partial charge in [-0.3, -0.25) is 0 Å². The first-order valence-electron chi connectivity index (χ1n) is 5.79. The van der Waals surface area contributed by atoms with Crippen LogP contribution >= 0.6 is 0 Å². The van der Waals surface area contributed by atoms with Crippen molar-refractivity contribution in [2.75, 3.05) is 25.2 Å². The molecule has 0 saturated carbocycles. The molecule has 3 N–H and O–H groups in total. The van der Waals surface area contributed by atoms with Gasteiger partial charge >= 0.3 is 0 Å². The molecule has 17 heavy (non-hydrogen) atoms. The van der Waals surface area contributed by atoms with E-state index in [0.29, 0.717) is 31.5 Å². The third-order valence-corrected chi connectivity index (χ3v) is 2.84. The molecule has 6 heteroatoms. The number of anilines is 1. The van der Waals surface area contributed by atoms with Crippen molar-refractivity contribution in [2.24, 2.45) is 5.84 Å². The summed E-state index contributed by atoms with van der Waals surface area (Å²) in [5.41, 5.74) is 4.57. The monoisotopic (exact) mass is 238 g/mol. The van der Waals surface area contributed by atoms with E-state index in [2.05, 4.69) is 22.3 Å². The maximum Gasteiger partial charge on any atom is 0.162 e. The largest absolute Gasteiger partial charge is 0.376 e. The van der Waals surface area contributed by atoms with E-state index >= 15 is 0 Å². The van der Waals surface area contributed by atoms with Gasteiger partial charge in [-0.05, 0) is 13.3 Å². The number of hydrogen-bond acceptors (Lipinski definition) is 6. The summed E-state index contributed by atoms with van der Waals surface area (Å²) >= 11 is 0. The Kier molecular flexibility index (Phi) is 3.88. The molecule has 1 saturated heterocycles. The number of aromatic nitrogens is 2. The first-order chi connectivity index (χ1) is 8.26. The normalized spacial score (nSPS) is 20.3. The van der Waals surface area contributed by atoms with Gasteiger partial charge in [-0.2, -0.15) is 0 Å². The van der Waals surface area contributed by atoms with Crippen molar-refractivity contribution in [2.45, 2.75) is 26.4 Å². The van der Waals surface area contributed by atoms with Crippen LogP contribution in [0.2, 0.25) is 0 Å². The SMILES string of the molecule is CCc1nc(C2COCCO2)nc(NN)c1C. The number of aryl methyl sites for hydroxylation is 1. The van der Waals surface area contributed by atoms with E-state index in [0.717, 1.165) is 17.7 Å². The van der Waals surface area contributed by atoms with Crippen LogP contribution in [0.5, 0.6) is 0 Å². The highest BCUT2D eigenvalue weighted by atomic mass is 16.6. The van der Waals surface area contributed by atoms with Crippen LogP contribution in [0.4, 0.5) is 5.82 Å². The molecule has 0 radical (unpaired) electrons. The summed E-state index contributed by atoms with van der Waals surface area (Å²) in [6.07, 6.45) is 0.644. The van der Waals surface area contributed by atoms with Crippen LogP contribution in [0.3, 0.4) is 0 Å². The lowest BCUT2D eigenvalue weighted by molar-refractivity contribution is -0.0935. The molecule has 0 spiro atoms. The Bertz CT molecular complexity index is 366. The molecule has 6 nitrogen and oxygen atoms in total. The topological polar surface area (TPSA) is 82.3 Å². The third-order valence-electron chi connectivity index (χ3n) is 2.84. The maximum atomic E-state index is 5.58. The molecular weight excluding hydrogens is 220 g/mol. The van der Waals surface area contributed by atoms with Crippen LogP contribution in [0, 0.1) is 6.92 Å². The van der Waals surface area contributed by atoms with E-state index in [9.17, 15) is 0 Å². The van der Waals surface area contributed by atoms with Crippen LogP contribution < -0.4 is 11.3 Å². The average molecular weight is 238 g/mol. The van der Waals surface area contributed by atoms with Crippen LogP contribution in [0.25, 0.3) is 0 Å². The quantitative estimate of drug-likeness (QED) is 0.596. The third kappa shape index (κ3) is 2.54. The van der Waals surface area contributed by atoms with Gasteiger partial charge < -0.3 is 14.9 Å². The highest BCUT2D eigenvalue weighted by Crippen LogP contribution is 2.22. The minimum absolute atomic E-state index is 0.193. The van der Waals surface area contributed by atoms with E-state index in [1.807, 2.05) is 6.92 Å². The Hall–Kier alpha value is -1.24. The zero-order valence-corrected chi connectivity index (χ0v) is 10.2. The molecule has 0 aliphatic carbocycles. The van der Waals surface area contributed by atoms with Crippen LogP contribution in [0.1, 0.15) is 30.1 Å². The number of nitrogens with one attached hydrogen (secondary N) is 1. The molecule has 1 unspecified atom stereocenters. The Morgan fingerprint density at radius 2 is 2.24 bits per heavy atom. The second-order valence-electron chi connectivity index (χ2n) is 3.93. The van der Waals surface area contributed by atoms with Gasteiger partial charge in [0.2, 0.25) is 0 Å². The van der Waals surface area contributed by atoms with Gasteiger partial charge in [0.15, 0.2) is 5.82 Å². The summed E-state index contributed by atoms with van der Waals surface area (Å²) in [6.45, 7) is 5.71. The highest BCUT2D eigenvalue weighted by Gasteiger charge is 2.21. The Morgan fingerprint density at radius 3 is 2.82 bits per heavy atom. The van der Waals surface area contributed by atoms with Gasteiger partial charge in [0.25, 0.3) is 0 Å². The number of hydrogen-bond donors (Lipinski definition) is 2. The first kappa shape index (κ1) is 12.2. The lowest BCUT2D eigenvalue weighted by atomic mass is 10.2. The molecule has 1 aromatic heterocycles. The molecule has 0 bridgehead atoms. The molecule has 1 aliphatic heterocycles. The Labute approximate surface area is 101 Å². The summed E-state index contributed by atoms with van der Waals surface area (Å²) in [4.78, 5) is 8.88. The fourth-order valence-corrected chi connectivity index (χ4v) is 1.85. The van der Waals surface area contributed by atoms with E-state index in [1.165, 1.54) is 0 Å². The standard InChI is InChI=1S/C11H18N4O2/c1-3-8-7(2)10(15-12)14-11(13-8)9-6-16-4-5-17-9/h9H,3-6,12H2,1-2H3,(H,13,14,15). The maximum absolute atomic E-state index is 5.58. The predicted molar refractivity (Wildman–Crippen MR) is 63.5 cm³/mol. The number of nitrogens with zero attached hydrogens (tertiary/aromatic N) is 2. The van der Waals surface area contributed by atoms with E-state index < -0.39 is 0 Å². The number of nitrogens with two attached hydrogens (primary N) is 1. The molecule has 94 valence electrons. The molecule has 1 aromatic rings. The number of hydrazine groups is 1. The van der Waals surface area contributed by atoms with Gasteiger partial charge in [-0.25, -0.2) is 15.8 Å². The van der Waals surface area contributed by atoms with Gasteiger partial charge in [0.1, 0.15) is 11.9 Å². The smallest absolute Gasteiger partial charge is 0.162 e. The first-order valence-corrected chi connectivity index (χ1v) is 5.79. The van der Waals surface area contributed by atoms with Crippen molar-refractivity contribution in [1.29, 1.82) is 0 Å². The number of rotatable bonds is 3. The van der Waals surface area contributed by atoms with Crippen molar-refractivity contribution in [3.63, 3.8) is 0 Å². The van der Waals surface area contributed by atoms with Gasteiger partial charge in [0, 0.05) is 11.3 Å². The van der Waals surface area contributed by atoms with Crippen molar-refractivity contribution < 1.29 is 9.47 Å². The van der Waals surface area contributed by atoms with E-state index in [-0.39, 0.29) is 6.10 Å². The summed E-state index contributed by atoms with van der Waals surface area (Å²) in [5.74, 6) is 6.75. The summed E-state index contributed by atoms with van der Waals surface area (Å²) < 4.78 is 10.9. The summed E-state index contributed by atoms with van der Waals surface area (Å²) in [7, 11) is 0. The molecule has 1 aliphatic rings.